The zero-order chi connectivity index (χ0) is 32.8. The molecule has 0 bridgehead atoms. The Morgan fingerprint density at radius 2 is 1.72 bits per heavy atom. The number of anilines is 1. The first kappa shape index (κ1) is 32.4. The Morgan fingerprint density at radius 3 is 2.45 bits per heavy atom. The van der Waals surface area contributed by atoms with Gasteiger partial charge in [-0.25, -0.2) is 4.98 Å². The molecule has 2 aliphatic heterocycles. The predicted molar refractivity (Wildman–Crippen MR) is 185 cm³/mol. The van der Waals surface area contributed by atoms with Crippen LogP contribution in [0.2, 0.25) is 0 Å². The summed E-state index contributed by atoms with van der Waals surface area (Å²) in [5.41, 5.74) is 3.55. The van der Waals surface area contributed by atoms with Gasteiger partial charge < -0.3 is 33.5 Å². The van der Waals surface area contributed by atoms with Gasteiger partial charge in [-0.15, -0.1) is 0 Å². The Bertz CT molecular complexity index is 1680. The summed E-state index contributed by atoms with van der Waals surface area (Å²) in [6.45, 7) is 8.94. The molecule has 6 rings (SSSR count). The van der Waals surface area contributed by atoms with E-state index in [1.54, 1.807) is 33.5 Å². The van der Waals surface area contributed by atoms with E-state index in [2.05, 4.69) is 69.8 Å². The van der Waals surface area contributed by atoms with Crippen LogP contribution in [0, 0.1) is 0 Å². The van der Waals surface area contributed by atoms with E-state index in [0.717, 1.165) is 75.7 Å². The zero-order valence-corrected chi connectivity index (χ0v) is 28.0. The lowest BCUT2D eigenvalue weighted by Gasteiger charge is -2.32. The highest BCUT2D eigenvalue weighted by atomic mass is 16.5. The molecule has 4 heterocycles. The number of carbonyl (C=O) groups excluding carboxylic acids is 1. The second-order valence-electron chi connectivity index (χ2n) is 12.4. The van der Waals surface area contributed by atoms with Crippen molar-refractivity contribution in [3.63, 3.8) is 0 Å². The fourth-order valence-electron chi connectivity index (χ4n) is 7.11. The first-order valence-corrected chi connectivity index (χ1v) is 16.5. The number of likely N-dealkylation sites (tertiary alicyclic amines) is 1. The van der Waals surface area contributed by atoms with Crippen molar-refractivity contribution in [2.45, 2.75) is 38.1 Å². The first-order valence-electron chi connectivity index (χ1n) is 16.5. The Kier molecular flexibility index (Phi) is 9.96. The maximum absolute atomic E-state index is 13.9. The summed E-state index contributed by atoms with van der Waals surface area (Å²) in [4.78, 5) is 30.8. The number of aromatic nitrogens is 3. The van der Waals surface area contributed by atoms with Gasteiger partial charge in [0.25, 0.3) is 5.91 Å². The summed E-state index contributed by atoms with van der Waals surface area (Å²) in [7, 11) is 4.69. The van der Waals surface area contributed by atoms with Crippen LogP contribution in [-0.4, -0.2) is 97.4 Å². The van der Waals surface area contributed by atoms with Crippen LogP contribution in [0.5, 0.6) is 17.2 Å². The van der Waals surface area contributed by atoms with Crippen molar-refractivity contribution in [1.29, 1.82) is 0 Å². The second kappa shape index (κ2) is 14.5. The van der Waals surface area contributed by atoms with Crippen molar-refractivity contribution in [3.8, 4) is 17.2 Å². The number of hydrogen-bond acceptors (Lipinski definition) is 8. The molecule has 0 radical (unpaired) electrons. The van der Waals surface area contributed by atoms with E-state index in [0.29, 0.717) is 35.9 Å². The molecule has 0 saturated carbocycles. The smallest absolute Gasteiger partial charge is 0.254 e. The molecule has 2 saturated heterocycles. The maximum atomic E-state index is 13.9. The van der Waals surface area contributed by atoms with Crippen LogP contribution in [0.25, 0.3) is 11.0 Å². The van der Waals surface area contributed by atoms with Gasteiger partial charge in [0.15, 0.2) is 11.5 Å². The van der Waals surface area contributed by atoms with Gasteiger partial charge >= 0.3 is 0 Å². The Morgan fingerprint density at radius 1 is 0.936 bits per heavy atom. The van der Waals surface area contributed by atoms with E-state index >= 15 is 0 Å². The number of ether oxygens (including phenoxy) is 3. The SMILES string of the molecule is CC=CCn1c(N2CCCN(CCC3(c4ccccn4)CCN(C(=O)c4cc(OC)c(OC)c(OC)c4)C3)CC2)nc2ccccc21. The van der Waals surface area contributed by atoms with Crippen LogP contribution in [-0.2, 0) is 12.0 Å². The minimum Gasteiger partial charge on any atom is -0.493 e. The van der Waals surface area contributed by atoms with Crippen molar-refractivity contribution in [2.24, 2.45) is 0 Å². The lowest BCUT2D eigenvalue weighted by molar-refractivity contribution is 0.0779. The molecule has 1 atom stereocenters. The Balaban J connectivity index is 1.17. The van der Waals surface area contributed by atoms with Crippen LogP contribution in [0.15, 0.2) is 72.9 Å². The lowest BCUT2D eigenvalue weighted by Crippen LogP contribution is -2.39. The van der Waals surface area contributed by atoms with Gasteiger partial charge in [-0.3, -0.25) is 9.78 Å². The molecule has 2 aromatic heterocycles. The van der Waals surface area contributed by atoms with Gasteiger partial charge in [-0.2, -0.15) is 0 Å². The number of nitrogens with zero attached hydrogens (tertiary/aromatic N) is 6. The summed E-state index contributed by atoms with van der Waals surface area (Å²) in [5.74, 6) is 2.42. The molecule has 47 heavy (non-hydrogen) atoms. The standard InChI is InChI=1S/C37H46N6O4/c1-5-6-20-43-30-13-8-7-12-29(30)39-36(43)41-19-11-18-40(23-24-41)21-15-37(33-14-9-10-17-38-33)16-22-42(27-37)35(44)28-25-31(45-2)34(47-4)32(26-28)46-3/h5-10,12-14,17,25-26H,11,15-16,18-24,27H2,1-4H3. The van der Waals surface area contributed by atoms with Crippen molar-refractivity contribution in [3.05, 3.63) is 84.2 Å². The summed E-state index contributed by atoms with van der Waals surface area (Å²) in [6.07, 6.45) is 9.00. The molecule has 10 heteroatoms. The first-order chi connectivity index (χ1) is 23.0. The molecule has 0 N–H and O–H groups in total. The zero-order valence-electron chi connectivity index (χ0n) is 28.0. The summed E-state index contributed by atoms with van der Waals surface area (Å²) < 4.78 is 18.9. The average Bonchev–Trinajstić information content (AvgIpc) is 3.64. The highest BCUT2D eigenvalue weighted by molar-refractivity contribution is 5.96. The number of methoxy groups -OCH3 is 3. The molecule has 2 aliphatic rings. The van der Waals surface area contributed by atoms with Crippen LogP contribution < -0.4 is 19.1 Å². The number of carbonyl (C=O) groups is 1. The largest absolute Gasteiger partial charge is 0.493 e. The topological polar surface area (TPSA) is 85.2 Å². The minimum atomic E-state index is -0.232. The van der Waals surface area contributed by atoms with Gasteiger partial charge in [-0.1, -0.05) is 30.4 Å². The number of pyridine rings is 1. The number of fused-ring (bicyclic) bond motifs is 1. The molecule has 1 unspecified atom stereocenters. The van der Waals surface area contributed by atoms with E-state index in [4.69, 9.17) is 24.2 Å². The third kappa shape index (κ3) is 6.65. The lowest BCUT2D eigenvalue weighted by atomic mass is 9.79. The molecule has 0 aliphatic carbocycles. The monoisotopic (exact) mass is 638 g/mol. The quantitative estimate of drug-likeness (QED) is 0.202. The van der Waals surface area contributed by atoms with Gasteiger partial charge in [-0.05, 0) is 75.7 Å². The van der Waals surface area contributed by atoms with Gasteiger partial charge in [0.2, 0.25) is 11.7 Å². The number of amides is 1. The van der Waals surface area contributed by atoms with E-state index in [1.165, 1.54) is 5.52 Å². The average molecular weight is 639 g/mol. The van der Waals surface area contributed by atoms with E-state index < -0.39 is 0 Å². The summed E-state index contributed by atoms with van der Waals surface area (Å²) in [6, 6.07) is 18.0. The fraction of sp³-hybridized carbons (Fsp3) is 0.432. The van der Waals surface area contributed by atoms with E-state index in [9.17, 15) is 4.79 Å². The number of rotatable bonds is 11. The molecule has 1 amide bonds. The molecule has 2 fully saturated rings. The number of imidazole rings is 1. The van der Waals surface area contributed by atoms with Crippen LogP contribution in [0.1, 0.15) is 42.2 Å². The van der Waals surface area contributed by atoms with E-state index in [1.807, 2.05) is 17.2 Å². The molecule has 248 valence electrons. The number of para-hydroxylation sites is 2. The Labute approximate surface area is 277 Å². The summed E-state index contributed by atoms with van der Waals surface area (Å²) >= 11 is 0. The second-order valence-corrected chi connectivity index (χ2v) is 12.4. The minimum absolute atomic E-state index is 0.0479. The normalized spacial score (nSPS) is 19.0. The fourth-order valence-corrected chi connectivity index (χ4v) is 7.11. The highest BCUT2D eigenvalue weighted by Gasteiger charge is 2.43. The van der Waals surface area contributed by atoms with Crippen molar-refractivity contribution < 1.29 is 19.0 Å². The molecule has 0 spiro atoms. The van der Waals surface area contributed by atoms with E-state index in [-0.39, 0.29) is 11.3 Å². The number of hydrogen-bond donors (Lipinski definition) is 0. The predicted octanol–water partition coefficient (Wildman–Crippen LogP) is 5.42. The third-order valence-corrected chi connectivity index (χ3v) is 9.70. The molecule has 2 aromatic carbocycles. The highest BCUT2D eigenvalue weighted by Crippen LogP contribution is 2.41. The number of benzene rings is 2. The molecular formula is C37H46N6O4. The van der Waals surface area contributed by atoms with Crippen molar-refractivity contribution >= 4 is 22.9 Å². The third-order valence-electron chi connectivity index (χ3n) is 9.70. The van der Waals surface area contributed by atoms with Gasteiger partial charge in [0.05, 0.1) is 32.4 Å². The van der Waals surface area contributed by atoms with Gasteiger partial charge in [0.1, 0.15) is 0 Å². The van der Waals surface area contributed by atoms with Crippen LogP contribution in [0.4, 0.5) is 5.95 Å². The van der Waals surface area contributed by atoms with Crippen LogP contribution in [0.3, 0.4) is 0 Å². The molecule has 4 aromatic rings. The van der Waals surface area contributed by atoms with Crippen molar-refractivity contribution in [1.82, 2.24) is 24.3 Å². The molecule has 10 nitrogen and oxygen atoms in total. The Hall–Kier alpha value is -4.57. The molecular weight excluding hydrogens is 592 g/mol. The van der Waals surface area contributed by atoms with Crippen LogP contribution >= 0.6 is 0 Å². The van der Waals surface area contributed by atoms with Crippen molar-refractivity contribution in [2.75, 3.05) is 72.0 Å². The summed E-state index contributed by atoms with van der Waals surface area (Å²) in [5, 5.41) is 0. The number of allylic oxidation sites excluding steroid dienone is 2. The maximum Gasteiger partial charge on any atom is 0.254 e. The van der Waals surface area contributed by atoms with Gasteiger partial charge in [0, 0.05) is 62.1 Å².